The molecule has 22 heavy (non-hydrogen) atoms. The Hall–Kier alpha value is -1.85. The third-order valence-electron chi connectivity index (χ3n) is 2.70. The third-order valence-corrected chi connectivity index (χ3v) is 3.55. The minimum Gasteiger partial charge on any atom is -0.483 e. The molecule has 0 aliphatic heterocycles. The first-order chi connectivity index (χ1) is 10.5. The van der Waals surface area contributed by atoms with Crippen LogP contribution in [-0.2, 0) is 4.79 Å². The van der Waals surface area contributed by atoms with Gasteiger partial charge in [-0.2, -0.15) is 5.10 Å². The number of ether oxygens (including phenoxy) is 1. The summed E-state index contributed by atoms with van der Waals surface area (Å²) in [5.41, 5.74) is 4.31. The van der Waals surface area contributed by atoms with Gasteiger partial charge in [0.2, 0.25) is 0 Å². The van der Waals surface area contributed by atoms with Crippen LogP contribution in [0.5, 0.6) is 5.75 Å². The first-order valence-electron chi connectivity index (χ1n) is 6.51. The SMILES string of the molecule is Cc1ccc(OCC(=O)N/N=C/c2cccc(Cl)c2)c(Br)c1. The highest BCUT2D eigenvalue weighted by Crippen LogP contribution is 2.25. The van der Waals surface area contributed by atoms with Crippen LogP contribution in [0.3, 0.4) is 0 Å². The molecule has 0 aliphatic carbocycles. The Bertz CT molecular complexity index is 704. The van der Waals surface area contributed by atoms with Gasteiger partial charge in [-0.15, -0.1) is 0 Å². The topological polar surface area (TPSA) is 50.7 Å². The van der Waals surface area contributed by atoms with Gasteiger partial charge in [-0.1, -0.05) is 29.8 Å². The van der Waals surface area contributed by atoms with E-state index in [9.17, 15) is 4.79 Å². The molecule has 0 bridgehead atoms. The molecule has 2 aromatic carbocycles. The van der Waals surface area contributed by atoms with Crippen molar-refractivity contribution in [1.82, 2.24) is 5.43 Å². The lowest BCUT2D eigenvalue weighted by Crippen LogP contribution is -2.24. The van der Waals surface area contributed by atoms with Crippen molar-refractivity contribution < 1.29 is 9.53 Å². The van der Waals surface area contributed by atoms with Crippen LogP contribution in [0.25, 0.3) is 0 Å². The van der Waals surface area contributed by atoms with Gasteiger partial charge in [0, 0.05) is 5.02 Å². The van der Waals surface area contributed by atoms with Gasteiger partial charge >= 0.3 is 0 Å². The molecular formula is C16H14BrClN2O2. The number of carbonyl (C=O) groups is 1. The highest BCUT2D eigenvalue weighted by Gasteiger charge is 2.04. The Morgan fingerprint density at radius 3 is 2.91 bits per heavy atom. The van der Waals surface area contributed by atoms with Gasteiger partial charge in [0.05, 0.1) is 10.7 Å². The number of amides is 1. The number of rotatable bonds is 5. The zero-order valence-electron chi connectivity index (χ0n) is 11.8. The van der Waals surface area contributed by atoms with E-state index in [1.54, 1.807) is 12.1 Å². The lowest BCUT2D eigenvalue weighted by atomic mass is 10.2. The number of hydrogen-bond acceptors (Lipinski definition) is 3. The van der Waals surface area contributed by atoms with E-state index < -0.39 is 0 Å². The fourth-order valence-electron chi connectivity index (χ4n) is 1.66. The molecule has 0 aromatic heterocycles. The van der Waals surface area contributed by atoms with Crippen LogP contribution in [0.4, 0.5) is 0 Å². The Balaban J connectivity index is 1.83. The molecule has 1 amide bonds. The van der Waals surface area contributed by atoms with Crippen LogP contribution in [0.1, 0.15) is 11.1 Å². The highest BCUT2D eigenvalue weighted by atomic mass is 79.9. The van der Waals surface area contributed by atoms with Crippen molar-refractivity contribution in [3.8, 4) is 5.75 Å². The zero-order valence-corrected chi connectivity index (χ0v) is 14.2. The number of hydrazone groups is 1. The maximum absolute atomic E-state index is 11.7. The molecule has 0 unspecified atom stereocenters. The Morgan fingerprint density at radius 2 is 2.18 bits per heavy atom. The molecule has 0 fully saturated rings. The van der Waals surface area contributed by atoms with Crippen molar-refractivity contribution in [3.63, 3.8) is 0 Å². The zero-order chi connectivity index (χ0) is 15.9. The fraction of sp³-hybridized carbons (Fsp3) is 0.125. The maximum Gasteiger partial charge on any atom is 0.277 e. The van der Waals surface area contributed by atoms with Crippen molar-refractivity contribution >= 4 is 39.7 Å². The summed E-state index contributed by atoms with van der Waals surface area (Å²) < 4.78 is 6.23. The van der Waals surface area contributed by atoms with Crippen molar-refractivity contribution in [2.45, 2.75) is 6.92 Å². The number of benzene rings is 2. The minimum absolute atomic E-state index is 0.117. The standard InChI is InChI=1S/C16H14BrClN2O2/c1-11-5-6-15(14(17)7-11)22-10-16(21)20-19-9-12-3-2-4-13(18)8-12/h2-9H,10H2,1H3,(H,20,21)/b19-9+. The van der Waals surface area contributed by atoms with E-state index in [2.05, 4.69) is 26.5 Å². The van der Waals surface area contributed by atoms with E-state index in [0.717, 1.165) is 15.6 Å². The lowest BCUT2D eigenvalue weighted by Gasteiger charge is -2.07. The smallest absolute Gasteiger partial charge is 0.277 e. The van der Waals surface area contributed by atoms with Crippen LogP contribution in [0.15, 0.2) is 52.0 Å². The van der Waals surface area contributed by atoms with Gasteiger partial charge < -0.3 is 4.74 Å². The predicted molar refractivity (Wildman–Crippen MR) is 91.6 cm³/mol. The number of nitrogens with one attached hydrogen (secondary N) is 1. The summed E-state index contributed by atoms with van der Waals surface area (Å²) in [6, 6.07) is 12.8. The molecule has 1 N–H and O–H groups in total. The van der Waals surface area contributed by atoms with Crippen molar-refractivity contribution in [2.24, 2.45) is 5.10 Å². The van der Waals surface area contributed by atoms with Crippen molar-refractivity contribution in [3.05, 3.63) is 63.1 Å². The monoisotopic (exact) mass is 380 g/mol. The minimum atomic E-state index is -0.342. The second kappa shape index (κ2) is 7.96. The van der Waals surface area contributed by atoms with E-state index in [1.807, 2.05) is 37.3 Å². The second-order valence-corrected chi connectivity index (χ2v) is 5.86. The summed E-state index contributed by atoms with van der Waals surface area (Å²) >= 11 is 9.24. The molecule has 2 rings (SSSR count). The number of halogens is 2. The number of hydrogen-bond donors (Lipinski definition) is 1. The van der Waals surface area contributed by atoms with E-state index >= 15 is 0 Å². The van der Waals surface area contributed by atoms with E-state index in [1.165, 1.54) is 6.21 Å². The van der Waals surface area contributed by atoms with Gasteiger partial charge in [0.1, 0.15) is 5.75 Å². The molecule has 0 saturated carbocycles. The first kappa shape index (κ1) is 16.5. The summed E-state index contributed by atoms with van der Waals surface area (Å²) in [5.74, 6) is 0.269. The highest BCUT2D eigenvalue weighted by molar-refractivity contribution is 9.10. The van der Waals surface area contributed by atoms with Crippen LogP contribution in [0.2, 0.25) is 5.02 Å². The first-order valence-corrected chi connectivity index (χ1v) is 7.68. The summed E-state index contributed by atoms with van der Waals surface area (Å²) in [5, 5.41) is 4.47. The van der Waals surface area contributed by atoms with E-state index in [-0.39, 0.29) is 12.5 Å². The predicted octanol–water partition coefficient (Wildman–Crippen LogP) is 3.94. The third kappa shape index (κ3) is 5.16. The fourth-order valence-corrected chi connectivity index (χ4v) is 2.47. The maximum atomic E-state index is 11.7. The lowest BCUT2D eigenvalue weighted by molar-refractivity contribution is -0.123. The largest absolute Gasteiger partial charge is 0.483 e. The number of aryl methyl sites for hydroxylation is 1. The molecule has 0 radical (unpaired) electrons. The van der Waals surface area contributed by atoms with Crippen LogP contribution in [-0.4, -0.2) is 18.7 Å². The van der Waals surface area contributed by atoms with Crippen molar-refractivity contribution in [2.75, 3.05) is 6.61 Å². The molecule has 0 spiro atoms. The molecule has 0 aliphatic rings. The summed E-state index contributed by atoms with van der Waals surface area (Å²) in [6.07, 6.45) is 1.52. The molecule has 4 nitrogen and oxygen atoms in total. The molecule has 114 valence electrons. The average Bonchev–Trinajstić information content (AvgIpc) is 2.46. The average molecular weight is 382 g/mol. The summed E-state index contributed by atoms with van der Waals surface area (Å²) in [6.45, 7) is 1.86. The van der Waals surface area contributed by atoms with Gasteiger partial charge in [-0.25, -0.2) is 5.43 Å². The molecule has 2 aromatic rings. The number of nitrogens with zero attached hydrogens (tertiary/aromatic N) is 1. The van der Waals surface area contributed by atoms with Gasteiger partial charge in [0.25, 0.3) is 5.91 Å². The van der Waals surface area contributed by atoms with Gasteiger partial charge in [-0.05, 0) is 58.2 Å². The summed E-state index contributed by atoms with van der Waals surface area (Å²) in [7, 11) is 0. The van der Waals surface area contributed by atoms with Crippen LogP contribution >= 0.6 is 27.5 Å². The number of carbonyl (C=O) groups excluding carboxylic acids is 1. The van der Waals surface area contributed by atoms with Gasteiger partial charge in [-0.3, -0.25) is 4.79 Å². The van der Waals surface area contributed by atoms with Crippen LogP contribution < -0.4 is 10.2 Å². The Kier molecular flexibility index (Phi) is 5.98. The van der Waals surface area contributed by atoms with Gasteiger partial charge in [0.15, 0.2) is 6.61 Å². The van der Waals surface area contributed by atoms with Crippen molar-refractivity contribution in [1.29, 1.82) is 0 Å². The molecule has 0 saturated heterocycles. The molecular weight excluding hydrogens is 368 g/mol. The molecule has 0 atom stereocenters. The van der Waals surface area contributed by atoms with E-state index in [4.69, 9.17) is 16.3 Å². The van der Waals surface area contributed by atoms with E-state index in [0.29, 0.717) is 10.8 Å². The Morgan fingerprint density at radius 1 is 1.36 bits per heavy atom. The molecule has 6 heteroatoms. The molecule has 0 heterocycles. The normalized spacial score (nSPS) is 10.7. The van der Waals surface area contributed by atoms with Crippen LogP contribution in [0, 0.1) is 6.92 Å². The summed E-state index contributed by atoms with van der Waals surface area (Å²) in [4.78, 5) is 11.7. The second-order valence-electron chi connectivity index (χ2n) is 4.57. The Labute approximate surface area is 142 Å². The quantitative estimate of drug-likeness (QED) is 0.630.